The first-order valence-electron chi connectivity index (χ1n) is 8.30. The Morgan fingerprint density at radius 2 is 1.91 bits per heavy atom. The summed E-state index contributed by atoms with van der Waals surface area (Å²) in [6.07, 6.45) is 8.51. The van der Waals surface area contributed by atoms with Crippen LogP contribution in [0.25, 0.3) is 0 Å². The number of hydrogen-bond acceptors (Lipinski definition) is 3. The number of rotatable bonds is 6. The number of aromatic nitrogens is 1. The van der Waals surface area contributed by atoms with E-state index in [0.717, 1.165) is 25.7 Å². The highest BCUT2D eigenvalue weighted by atomic mass is 16.4. The van der Waals surface area contributed by atoms with Crippen molar-refractivity contribution in [2.75, 3.05) is 0 Å². The molecule has 1 fully saturated rings. The molecule has 2 rings (SSSR count). The number of hydrogen-bond donors (Lipinski definition) is 2. The fourth-order valence-electron chi connectivity index (χ4n) is 2.97. The highest BCUT2D eigenvalue weighted by Gasteiger charge is 2.18. The van der Waals surface area contributed by atoms with Gasteiger partial charge >= 0.3 is 5.97 Å². The first kappa shape index (κ1) is 17.2. The van der Waals surface area contributed by atoms with Crippen LogP contribution in [0.2, 0.25) is 0 Å². The number of carbonyl (C=O) groups excluding carboxylic acids is 1. The normalized spacial score (nSPS) is 15.8. The highest BCUT2D eigenvalue weighted by molar-refractivity contribution is 5.93. The number of pyridine rings is 1. The molecule has 1 aromatic heterocycles. The van der Waals surface area contributed by atoms with Gasteiger partial charge in [0.15, 0.2) is 0 Å². The first-order chi connectivity index (χ1) is 11.1. The van der Waals surface area contributed by atoms with Gasteiger partial charge in [-0.15, -0.1) is 0 Å². The molecule has 126 valence electrons. The molecule has 23 heavy (non-hydrogen) atoms. The Labute approximate surface area is 135 Å². The molecular weight excluding hydrogens is 296 g/mol. The van der Waals surface area contributed by atoms with E-state index < -0.39 is 5.97 Å². The Morgan fingerprint density at radius 1 is 1.22 bits per heavy atom. The zero-order chi connectivity index (χ0) is 16.7. The molecule has 2 N–H and O–H groups in total. The minimum atomic E-state index is -0.889. The molecule has 0 saturated heterocycles. The molecular formula is C17H24N2O4. The van der Waals surface area contributed by atoms with Gasteiger partial charge in [-0.2, -0.15) is 0 Å². The van der Waals surface area contributed by atoms with Crippen LogP contribution in [0.1, 0.15) is 61.7 Å². The summed E-state index contributed by atoms with van der Waals surface area (Å²) in [5.41, 5.74) is -0.226. The molecule has 0 unspecified atom stereocenters. The number of carboxylic acid groups (broad SMARTS) is 1. The van der Waals surface area contributed by atoms with Crippen LogP contribution in [0.4, 0.5) is 0 Å². The van der Waals surface area contributed by atoms with Crippen LogP contribution in [-0.4, -0.2) is 27.6 Å². The summed E-state index contributed by atoms with van der Waals surface area (Å²) in [6, 6.07) is 3.33. The number of carboxylic acids is 1. The average Bonchev–Trinajstić information content (AvgIpc) is 2.77. The standard InChI is InChI=1S/C17H24N2O4/c20-15(21)10-6-12-19-11-5-9-14(17(19)23)16(22)18-13-7-3-1-2-4-8-13/h5,9,11,13H,1-4,6-8,10,12H2,(H,18,22)(H,20,21). The van der Waals surface area contributed by atoms with Gasteiger partial charge in [0, 0.05) is 25.2 Å². The quantitative estimate of drug-likeness (QED) is 0.786. The monoisotopic (exact) mass is 320 g/mol. The number of nitrogens with one attached hydrogen (secondary N) is 1. The van der Waals surface area contributed by atoms with Gasteiger partial charge in [-0.25, -0.2) is 0 Å². The number of amides is 1. The molecule has 0 atom stereocenters. The molecule has 0 aromatic carbocycles. The summed E-state index contributed by atoms with van der Waals surface area (Å²) in [5.74, 6) is -1.21. The molecule has 1 aliphatic rings. The van der Waals surface area contributed by atoms with Crippen LogP contribution in [0, 0.1) is 0 Å². The second-order valence-corrected chi connectivity index (χ2v) is 6.08. The highest BCUT2D eigenvalue weighted by Crippen LogP contribution is 2.17. The Balaban J connectivity index is 2.02. The summed E-state index contributed by atoms with van der Waals surface area (Å²) in [4.78, 5) is 35.3. The van der Waals surface area contributed by atoms with Gasteiger partial charge in [0.2, 0.25) is 0 Å². The van der Waals surface area contributed by atoms with Crippen LogP contribution < -0.4 is 10.9 Å². The van der Waals surface area contributed by atoms with Crippen molar-refractivity contribution >= 4 is 11.9 Å². The van der Waals surface area contributed by atoms with E-state index in [0.29, 0.717) is 13.0 Å². The van der Waals surface area contributed by atoms with E-state index in [-0.39, 0.29) is 29.5 Å². The van der Waals surface area contributed by atoms with Gasteiger partial charge in [0.1, 0.15) is 5.56 Å². The fraction of sp³-hybridized carbons (Fsp3) is 0.588. The van der Waals surface area contributed by atoms with E-state index in [2.05, 4.69) is 5.32 Å². The number of aryl methyl sites for hydroxylation is 1. The molecule has 1 saturated carbocycles. The van der Waals surface area contributed by atoms with Gasteiger partial charge in [-0.1, -0.05) is 25.7 Å². The average molecular weight is 320 g/mol. The van der Waals surface area contributed by atoms with Gasteiger partial charge in [-0.05, 0) is 31.4 Å². The summed E-state index contributed by atoms with van der Waals surface area (Å²) in [6.45, 7) is 0.301. The van der Waals surface area contributed by atoms with Gasteiger partial charge < -0.3 is 15.0 Å². The first-order valence-corrected chi connectivity index (χ1v) is 8.30. The smallest absolute Gasteiger partial charge is 0.303 e. The van der Waals surface area contributed by atoms with Crippen molar-refractivity contribution in [1.29, 1.82) is 0 Å². The van der Waals surface area contributed by atoms with E-state index >= 15 is 0 Å². The minimum Gasteiger partial charge on any atom is -0.481 e. The van der Waals surface area contributed by atoms with Crippen molar-refractivity contribution in [3.63, 3.8) is 0 Å². The van der Waals surface area contributed by atoms with Crippen molar-refractivity contribution in [3.8, 4) is 0 Å². The summed E-state index contributed by atoms with van der Waals surface area (Å²) in [5, 5.41) is 11.6. The Bertz CT molecular complexity index is 601. The van der Waals surface area contributed by atoms with Crippen molar-refractivity contribution < 1.29 is 14.7 Å². The number of carbonyl (C=O) groups is 2. The third kappa shape index (κ3) is 5.23. The van der Waals surface area contributed by atoms with Crippen LogP contribution in [0.15, 0.2) is 23.1 Å². The summed E-state index contributed by atoms with van der Waals surface area (Å²) in [7, 11) is 0. The SMILES string of the molecule is O=C(O)CCCn1cccc(C(=O)NC2CCCCCC2)c1=O. The summed E-state index contributed by atoms with van der Waals surface area (Å²) < 4.78 is 1.41. The third-order valence-electron chi connectivity index (χ3n) is 4.24. The van der Waals surface area contributed by atoms with Crippen LogP contribution in [0.3, 0.4) is 0 Å². The predicted octanol–water partition coefficient (Wildman–Crippen LogP) is 2.17. The molecule has 0 radical (unpaired) electrons. The molecule has 6 nitrogen and oxygen atoms in total. The lowest BCUT2D eigenvalue weighted by atomic mass is 10.1. The van der Waals surface area contributed by atoms with E-state index in [1.165, 1.54) is 23.5 Å². The van der Waals surface area contributed by atoms with Crippen LogP contribution >= 0.6 is 0 Å². The van der Waals surface area contributed by atoms with E-state index in [9.17, 15) is 14.4 Å². The van der Waals surface area contributed by atoms with Crippen LogP contribution in [-0.2, 0) is 11.3 Å². The van der Waals surface area contributed by atoms with E-state index in [1.54, 1.807) is 12.3 Å². The molecule has 1 heterocycles. The molecule has 0 bridgehead atoms. The van der Waals surface area contributed by atoms with Crippen LogP contribution in [0.5, 0.6) is 0 Å². The van der Waals surface area contributed by atoms with Crippen molar-refractivity contribution in [3.05, 3.63) is 34.2 Å². The predicted molar refractivity (Wildman–Crippen MR) is 86.5 cm³/mol. The molecule has 1 aliphatic carbocycles. The third-order valence-corrected chi connectivity index (χ3v) is 4.24. The largest absolute Gasteiger partial charge is 0.481 e. The molecule has 0 spiro atoms. The minimum absolute atomic E-state index is 0.00490. The lowest BCUT2D eigenvalue weighted by molar-refractivity contribution is -0.137. The zero-order valence-corrected chi connectivity index (χ0v) is 13.3. The van der Waals surface area contributed by atoms with E-state index in [1.807, 2.05) is 0 Å². The Hall–Kier alpha value is -2.11. The zero-order valence-electron chi connectivity index (χ0n) is 13.3. The maximum Gasteiger partial charge on any atom is 0.303 e. The fourth-order valence-corrected chi connectivity index (χ4v) is 2.97. The second kappa shape index (κ2) is 8.50. The molecule has 1 amide bonds. The number of nitrogens with zero attached hydrogens (tertiary/aromatic N) is 1. The topological polar surface area (TPSA) is 88.4 Å². The van der Waals surface area contributed by atoms with E-state index in [4.69, 9.17) is 5.11 Å². The molecule has 0 aliphatic heterocycles. The Morgan fingerprint density at radius 3 is 2.57 bits per heavy atom. The lowest BCUT2D eigenvalue weighted by Gasteiger charge is -2.16. The number of aliphatic carboxylic acids is 1. The second-order valence-electron chi connectivity index (χ2n) is 6.08. The van der Waals surface area contributed by atoms with Crippen molar-refractivity contribution in [2.24, 2.45) is 0 Å². The van der Waals surface area contributed by atoms with Crippen molar-refractivity contribution in [1.82, 2.24) is 9.88 Å². The summed E-state index contributed by atoms with van der Waals surface area (Å²) >= 11 is 0. The van der Waals surface area contributed by atoms with Gasteiger partial charge in [-0.3, -0.25) is 14.4 Å². The van der Waals surface area contributed by atoms with Gasteiger partial charge in [0.25, 0.3) is 11.5 Å². The van der Waals surface area contributed by atoms with Crippen molar-refractivity contribution in [2.45, 2.75) is 64.0 Å². The molecule has 6 heteroatoms. The lowest BCUT2D eigenvalue weighted by Crippen LogP contribution is -2.38. The maximum atomic E-state index is 12.4. The Kier molecular flexibility index (Phi) is 6.38. The molecule has 1 aromatic rings. The van der Waals surface area contributed by atoms with Gasteiger partial charge in [0.05, 0.1) is 0 Å². The maximum absolute atomic E-state index is 12.4.